The summed E-state index contributed by atoms with van der Waals surface area (Å²) in [6.45, 7) is 3.87. The van der Waals surface area contributed by atoms with Crippen molar-refractivity contribution in [3.05, 3.63) is 47.2 Å². The summed E-state index contributed by atoms with van der Waals surface area (Å²) >= 11 is 0. The summed E-state index contributed by atoms with van der Waals surface area (Å²) < 4.78 is 10.7. The van der Waals surface area contributed by atoms with E-state index in [1.165, 1.54) is 6.07 Å². The van der Waals surface area contributed by atoms with Crippen LogP contribution in [0, 0.1) is 6.92 Å². The van der Waals surface area contributed by atoms with Gasteiger partial charge >= 0.3 is 5.97 Å². The van der Waals surface area contributed by atoms with Crippen LogP contribution < -0.4 is 14.8 Å². The van der Waals surface area contributed by atoms with E-state index in [4.69, 9.17) is 9.47 Å². The van der Waals surface area contributed by atoms with Gasteiger partial charge in [-0.3, -0.25) is 0 Å². The van der Waals surface area contributed by atoms with Gasteiger partial charge in [-0.05, 0) is 37.6 Å². The Morgan fingerprint density at radius 1 is 1.26 bits per heavy atom. The highest BCUT2D eigenvalue weighted by molar-refractivity contribution is 5.93. The highest BCUT2D eigenvalue weighted by atomic mass is 16.5. The lowest BCUT2D eigenvalue weighted by atomic mass is 10.0. The molecule has 0 aliphatic heterocycles. The standard InChI is InChI=1S/C17H20N2O4/c1-10-12(7-8-14(22-3)15(10)23-4)11(2)19-16-13(17(20)21)6-5-9-18-16/h5-9,11H,1-4H3,(H,18,19)(H,20,21). The number of carboxylic acid groups (broad SMARTS) is 1. The Balaban J connectivity index is 2.35. The fourth-order valence-corrected chi connectivity index (χ4v) is 2.54. The average molecular weight is 316 g/mol. The zero-order valence-electron chi connectivity index (χ0n) is 13.6. The molecule has 122 valence electrons. The van der Waals surface area contributed by atoms with Crippen LogP contribution in [0.4, 0.5) is 5.82 Å². The van der Waals surface area contributed by atoms with Crippen molar-refractivity contribution < 1.29 is 19.4 Å². The third kappa shape index (κ3) is 3.36. The largest absolute Gasteiger partial charge is 0.493 e. The maximum Gasteiger partial charge on any atom is 0.339 e. The number of aromatic nitrogens is 1. The molecule has 0 radical (unpaired) electrons. The summed E-state index contributed by atoms with van der Waals surface area (Å²) in [4.78, 5) is 15.4. The van der Waals surface area contributed by atoms with E-state index in [1.54, 1.807) is 26.5 Å². The van der Waals surface area contributed by atoms with Gasteiger partial charge in [0.25, 0.3) is 0 Å². The molecule has 2 aromatic rings. The molecule has 0 fully saturated rings. The van der Waals surface area contributed by atoms with Gasteiger partial charge in [0.05, 0.1) is 20.3 Å². The van der Waals surface area contributed by atoms with Crippen molar-refractivity contribution in [1.82, 2.24) is 4.98 Å². The topological polar surface area (TPSA) is 80.7 Å². The number of carbonyl (C=O) groups is 1. The monoisotopic (exact) mass is 316 g/mol. The number of ether oxygens (including phenoxy) is 2. The Hall–Kier alpha value is -2.76. The molecule has 1 heterocycles. The molecule has 6 nitrogen and oxygen atoms in total. The first-order chi connectivity index (χ1) is 11.0. The Kier molecular flexibility index (Phi) is 5.05. The number of pyridine rings is 1. The lowest BCUT2D eigenvalue weighted by Crippen LogP contribution is -2.13. The lowest BCUT2D eigenvalue weighted by Gasteiger charge is -2.21. The minimum atomic E-state index is -1.02. The molecule has 0 aliphatic rings. The maximum absolute atomic E-state index is 11.3. The molecule has 0 amide bonds. The van der Waals surface area contributed by atoms with Crippen molar-refractivity contribution in [3.8, 4) is 11.5 Å². The number of anilines is 1. The van der Waals surface area contributed by atoms with Gasteiger partial charge < -0.3 is 19.9 Å². The highest BCUT2D eigenvalue weighted by Gasteiger charge is 2.18. The van der Waals surface area contributed by atoms with E-state index in [2.05, 4.69) is 10.3 Å². The van der Waals surface area contributed by atoms with E-state index in [1.807, 2.05) is 26.0 Å². The van der Waals surface area contributed by atoms with E-state index < -0.39 is 5.97 Å². The van der Waals surface area contributed by atoms with Crippen LogP contribution >= 0.6 is 0 Å². The number of rotatable bonds is 6. The Labute approximate surface area is 135 Å². The first-order valence-electron chi connectivity index (χ1n) is 7.16. The van der Waals surface area contributed by atoms with Crippen molar-refractivity contribution in [2.45, 2.75) is 19.9 Å². The van der Waals surface area contributed by atoms with Crippen LogP contribution in [-0.4, -0.2) is 30.3 Å². The fourth-order valence-electron chi connectivity index (χ4n) is 2.54. The minimum Gasteiger partial charge on any atom is -0.493 e. The van der Waals surface area contributed by atoms with Crippen molar-refractivity contribution >= 4 is 11.8 Å². The number of benzene rings is 1. The van der Waals surface area contributed by atoms with Crippen LogP contribution in [0.2, 0.25) is 0 Å². The van der Waals surface area contributed by atoms with E-state index in [-0.39, 0.29) is 11.6 Å². The van der Waals surface area contributed by atoms with Gasteiger partial charge in [-0.15, -0.1) is 0 Å². The molecule has 1 unspecified atom stereocenters. The normalized spacial score (nSPS) is 11.7. The van der Waals surface area contributed by atoms with Crippen LogP contribution in [0.25, 0.3) is 0 Å². The Morgan fingerprint density at radius 3 is 2.61 bits per heavy atom. The average Bonchev–Trinajstić information content (AvgIpc) is 2.54. The SMILES string of the molecule is COc1ccc(C(C)Nc2ncccc2C(=O)O)c(C)c1OC. The molecule has 1 aromatic carbocycles. The van der Waals surface area contributed by atoms with E-state index in [9.17, 15) is 9.90 Å². The number of aromatic carboxylic acids is 1. The van der Waals surface area contributed by atoms with Gasteiger partial charge in [-0.25, -0.2) is 9.78 Å². The second-order valence-corrected chi connectivity index (χ2v) is 5.09. The van der Waals surface area contributed by atoms with Crippen LogP contribution in [-0.2, 0) is 0 Å². The summed E-state index contributed by atoms with van der Waals surface area (Å²) in [6.07, 6.45) is 1.56. The third-order valence-electron chi connectivity index (χ3n) is 3.69. The number of hydrogen-bond donors (Lipinski definition) is 2. The highest BCUT2D eigenvalue weighted by Crippen LogP contribution is 2.36. The number of hydrogen-bond acceptors (Lipinski definition) is 5. The fraction of sp³-hybridized carbons (Fsp3) is 0.294. The minimum absolute atomic E-state index is 0.137. The van der Waals surface area contributed by atoms with E-state index in [0.717, 1.165) is 11.1 Å². The van der Waals surface area contributed by atoms with Crippen molar-refractivity contribution in [1.29, 1.82) is 0 Å². The van der Waals surface area contributed by atoms with Crippen LogP contribution in [0.3, 0.4) is 0 Å². The second-order valence-electron chi connectivity index (χ2n) is 5.09. The van der Waals surface area contributed by atoms with Crippen molar-refractivity contribution in [2.24, 2.45) is 0 Å². The molecule has 2 rings (SSSR count). The summed E-state index contributed by atoms with van der Waals surface area (Å²) in [5, 5.41) is 12.4. The quantitative estimate of drug-likeness (QED) is 0.851. The van der Waals surface area contributed by atoms with Crippen LogP contribution in [0.5, 0.6) is 11.5 Å². The molecule has 1 atom stereocenters. The van der Waals surface area contributed by atoms with Gasteiger partial charge in [-0.2, -0.15) is 0 Å². The summed E-state index contributed by atoms with van der Waals surface area (Å²) in [6, 6.07) is 6.73. The Bertz CT molecular complexity index is 716. The molecular formula is C17H20N2O4. The summed E-state index contributed by atoms with van der Waals surface area (Å²) in [7, 11) is 3.18. The first kappa shape index (κ1) is 16.6. The van der Waals surface area contributed by atoms with Gasteiger partial charge in [0.15, 0.2) is 11.5 Å². The molecule has 2 N–H and O–H groups in total. The molecular weight excluding hydrogens is 296 g/mol. The lowest BCUT2D eigenvalue weighted by molar-refractivity contribution is 0.0697. The third-order valence-corrected chi connectivity index (χ3v) is 3.69. The number of carboxylic acids is 1. The molecule has 1 aromatic heterocycles. The summed E-state index contributed by atoms with van der Waals surface area (Å²) in [5.41, 5.74) is 2.04. The smallest absolute Gasteiger partial charge is 0.339 e. The number of nitrogens with zero attached hydrogens (tertiary/aromatic N) is 1. The van der Waals surface area contributed by atoms with E-state index >= 15 is 0 Å². The van der Waals surface area contributed by atoms with Crippen molar-refractivity contribution in [2.75, 3.05) is 19.5 Å². The van der Waals surface area contributed by atoms with Gasteiger partial charge in [0.2, 0.25) is 0 Å². The number of nitrogens with one attached hydrogen (secondary N) is 1. The molecule has 6 heteroatoms. The number of methoxy groups -OCH3 is 2. The molecule has 0 saturated heterocycles. The van der Waals surface area contributed by atoms with Gasteiger partial charge in [-0.1, -0.05) is 6.07 Å². The molecule has 0 spiro atoms. The zero-order valence-corrected chi connectivity index (χ0v) is 13.6. The molecule has 0 saturated carbocycles. The van der Waals surface area contributed by atoms with Crippen molar-refractivity contribution in [3.63, 3.8) is 0 Å². The predicted octanol–water partition coefficient (Wildman–Crippen LogP) is 3.28. The summed E-state index contributed by atoms with van der Waals surface area (Å²) in [5.74, 6) is 0.640. The zero-order chi connectivity index (χ0) is 17.0. The van der Waals surface area contributed by atoms with Crippen LogP contribution in [0.15, 0.2) is 30.5 Å². The predicted molar refractivity (Wildman–Crippen MR) is 87.5 cm³/mol. The Morgan fingerprint density at radius 2 is 2.00 bits per heavy atom. The second kappa shape index (κ2) is 7.00. The maximum atomic E-state index is 11.3. The van der Waals surface area contributed by atoms with Gasteiger partial charge in [0.1, 0.15) is 11.4 Å². The van der Waals surface area contributed by atoms with Gasteiger partial charge in [0, 0.05) is 11.8 Å². The molecule has 0 bridgehead atoms. The molecule has 23 heavy (non-hydrogen) atoms. The molecule has 0 aliphatic carbocycles. The first-order valence-corrected chi connectivity index (χ1v) is 7.16. The van der Waals surface area contributed by atoms with E-state index in [0.29, 0.717) is 17.3 Å². The van der Waals surface area contributed by atoms with Crippen LogP contribution in [0.1, 0.15) is 34.5 Å².